The fraction of sp³-hybridized carbons (Fsp3) is 0.111. The number of hydrogen-bond acceptors (Lipinski definition) is 3. The molecule has 6 heteroatoms. The number of nitrogens with zero attached hydrogens (tertiary/aromatic N) is 2. The third-order valence-electron chi connectivity index (χ3n) is 8.93. The van der Waals surface area contributed by atoms with E-state index in [-0.39, 0.29) is 25.9 Å². The molecule has 0 amide bonds. The number of aromatic nitrogens is 2. The van der Waals surface area contributed by atoms with Crippen molar-refractivity contribution in [1.29, 1.82) is 0 Å². The molecule has 3 heterocycles. The van der Waals surface area contributed by atoms with Crippen LogP contribution in [0.15, 0.2) is 138 Å². The second-order valence-electron chi connectivity index (χ2n) is 13.6. The van der Waals surface area contributed by atoms with Crippen LogP contribution in [0, 0.1) is 31.8 Å². The van der Waals surface area contributed by atoms with Gasteiger partial charge in [-0.05, 0) is 41.4 Å². The zero-order valence-corrected chi connectivity index (χ0v) is 33.7. The Morgan fingerprint density at radius 1 is 0.627 bits per heavy atom. The molecule has 255 valence electrons. The van der Waals surface area contributed by atoms with Gasteiger partial charge < -0.3 is 9.40 Å². The first-order chi connectivity index (χ1) is 24.2. The zero-order chi connectivity index (χ0) is 34.8. The van der Waals surface area contributed by atoms with Crippen LogP contribution in [0.25, 0.3) is 66.7 Å². The van der Waals surface area contributed by atoms with Crippen LogP contribution >= 0.6 is 0 Å². The quantitative estimate of drug-likeness (QED) is 0.128. The topological polar surface area (TPSA) is 38.9 Å². The molecule has 0 spiro atoms. The van der Waals surface area contributed by atoms with Crippen LogP contribution in [0.1, 0.15) is 11.1 Å². The number of hydrogen-bond donors (Lipinski definition) is 0. The predicted molar refractivity (Wildman–Crippen MR) is 208 cm³/mol. The van der Waals surface area contributed by atoms with Crippen molar-refractivity contribution in [2.75, 3.05) is 0 Å². The minimum atomic E-state index is -1.77. The van der Waals surface area contributed by atoms with Gasteiger partial charge in [0.1, 0.15) is 11.4 Å². The maximum atomic E-state index is 14.6. The van der Waals surface area contributed by atoms with Crippen molar-refractivity contribution in [2.45, 2.75) is 31.1 Å². The Kier molecular flexibility index (Phi) is 10.8. The molecule has 1 radical (unpaired) electrons. The molecule has 3 nitrogen and oxygen atoms in total. The maximum absolute atomic E-state index is 14.6. The van der Waals surface area contributed by atoms with Crippen LogP contribution in [0.3, 0.4) is 0 Å². The van der Waals surface area contributed by atoms with Gasteiger partial charge >= 0.3 is 106 Å². The van der Waals surface area contributed by atoms with Gasteiger partial charge in [-0.25, -0.2) is 4.39 Å². The Morgan fingerprint density at radius 3 is 1.88 bits per heavy atom. The van der Waals surface area contributed by atoms with Crippen LogP contribution in [0.2, 0.25) is 17.3 Å². The van der Waals surface area contributed by atoms with Crippen molar-refractivity contribution in [3.05, 3.63) is 163 Å². The Balaban J connectivity index is 0.000000211. The SMILES string of the molecule is Cc1cc(-c2[c-]cc3oc4c(-c5ccccc5)cc(F)cc4c3c2)ncc1-c1ccccc1.Cc1cc(-c2[c-]cccc2)nc[c]1[Ge]([CH3])([CH3])[CH3].[Ir]. The standard InChI is InChI=1S/C30H19FNO.C15H18GeN.Ir/c1-19-14-28(32-18-27(19)21-10-6-3-7-11-21)22-12-13-29-25(15-22)26-17-23(31)16-24(30(26)33-29)20-8-4-2-5-9-20;1-12-10-15(13-8-6-5-7-9-13)17-11-14(12)16(2,3)4;/h2-11,13-18H,1H3;5-8,10-11H,1-4H3;/q2*-1;. The summed E-state index contributed by atoms with van der Waals surface area (Å²) in [4.78, 5) is 9.30. The summed E-state index contributed by atoms with van der Waals surface area (Å²) in [6.07, 6.45) is 3.98. The Bertz CT molecular complexity index is 2440. The first-order valence-electron chi connectivity index (χ1n) is 16.8. The van der Waals surface area contributed by atoms with E-state index >= 15 is 0 Å². The number of fused-ring (bicyclic) bond motifs is 3. The number of aryl methyl sites for hydroxylation is 2. The Hall–Kier alpha value is -4.68. The van der Waals surface area contributed by atoms with E-state index in [4.69, 9.17) is 9.40 Å². The fourth-order valence-electron chi connectivity index (χ4n) is 6.43. The van der Waals surface area contributed by atoms with Crippen molar-refractivity contribution < 1.29 is 28.9 Å². The van der Waals surface area contributed by atoms with Gasteiger partial charge in [-0.1, -0.05) is 72.1 Å². The van der Waals surface area contributed by atoms with E-state index in [2.05, 4.69) is 84.8 Å². The molecular formula is C45H37FGeIrN2O-2. The summed E-state index contributed by atoms with van der Waals surface area (Å²) in [5, 5.41) is 1.60. The van der Waals surface area contributed by atoms with Crippen LogP contribution < -0.4 is 4.40 Å². The average molecular weight is 906 g/mol. The third kappa shape index (κ3) is 7.82. The van der Waals surface area contributed by atoms with E-state index in [1.165, 1.54) is 22.1 Å². The Labute approximate surface area is 315 Å². The average Bonchev–Trinajstić information content (AvgIpc) is 3.49. The fourth-order valence-corrected chi connectivity index (χ4v) is 10.0. The van der Waals surface area contributed by atoms with Gasteiger partial charge in [0, 0.05) is 42.8 Å². The molecule has 8 aromatic rings. The molecule has 0 bridgehead atoms. The van der Waals surface area contributed by atoms with Crippen LogP contribution in [0.5, 0.6) is 0 Å². The van der Waals surface area contributed by atoms with Gasteiger partial charge in [0.2, 0.25) is 0 Å². The van der Waals surface area contributed by atoms with E-state index in [0.29, 0.717) is 11.2 Å². The number of pyridine rings is 2. The zero-order valence-electron chi connectivity index (χ0n) is 29.2. The normalized spacial score (nSPS) is 11.2. The van der Waals surface area contributed by atoms with E-state index in [1.807, 2.05) is 85.1 Å². The van der Waals surface area contributed by atoms with Gasteiger partial charge in [0.25, 0.3) is 0 Å². The summed E-state index contributed by atoms with van der Waals surface area (Å²) in [5.41, 5.74) is 11.5. The smallest absolute Gasteiger partial charge is 0 e. The minimum Gasteiger partial charge on any atom is 0 e. The van der Waals surface area contributed by atoms with E-state index in [0.717, 1.165) is 61.1 Å². The first-order valence-corrected chi connectivity index (χ1v) is 24.1. The molecule has 51 heavy (non-hydrogen) atoms. The second-order valence-corrected chi connectivity index (χ2v) is 24.2. The number of halogens is 1. The molecule has 0 saturated heterocycles. The molecule has 0 aliphatic rings. The second kappa shape index (κ2) is 15.3. The van der Waals surface area contributed by atoms with E-state index in [1.54, 1.807) is 0 Å². The largest absolute Gasteiger partial charge is 0 e. The van der Waals surface area contributed by atoms with E-state index < -0.39 is 13.3 Å². The minimum absolute atomic E-state index is 0. The molecular weight excluding hydrogens is 868 g/mol. The number of rotatable bonds is 5. The first kappa shape index (κ1) is 36.1. The summed E-state index contributed by atoms with van der Waals surface area (Å²) in [5.74, 6) is 6.91. The number of furan rings is 1. The summed E-state index contributed by atoms with van der Waals surface area (Å²) < 4.78 is 22.3. The van der Waals surface area contributed by atoms with Crippen molar-refractivity contribution in [3.63, 3.8) is 0 Å². The van der Waals surface area contributed by atoms with Gasteiger partial charge in [0.05, 0.1) is 5.58 Å². The van der Waals surface area contributed by atoms with Crippen LogP contribution in [0.4, 0.5) is 4.39 Å². The monoisotopic (exact) mass is 907 g/mol. The van der Waals surface area contributed by atoms with Crippen molar-refractivity contribution in [2.24, 2.45) is 0 Å². The molecule has 0 aliphatic heterocycles. The molecule has 5 aromatic carbocycles. The van der Waals surface area contributed by atoms with Crippen LogP contribution in [-0.2, 0) is 20.1 Å². The molecule has 8 rings (SSSR count). The molecule has 0 saturated carbocycles. The summed E-state index contributed by atoms with van der Waals surface area (Å²) in [6, 6.07) is 45.6. The van der Waals surface area contributed by atoms with Gasteiger partial charge in [-0.15, -0.1) is 23.8 Å². The summed E-state index contributed by atoms with van der Waals surface area (Å²) in [6.45, 7) is 4.28. The third-order valence-corrected chi connectivity index (χ3v) is 13.4. The van der Waals surface area contributed by atoms with Crippen molar-refractivity contribution in [3.8, 4) is 44.8 Å². The van der Waals surface area contributed by atoms with Gasteiger partial charge in [-0.3, -0.25) is 0 Å². The number of benzene rings is 5. The van der Waals surface area contributed by atoms with Crippen molar-refractivity contribution >= 4 is 39.6 Å². The molecule has 0 N–H and O–H groups in total. The summed E-state index contributed by atoms with van der Waals surface area (Å²) >= 11 is -1.77. The van der Waals surface area contributed by atoms with Gasteiger partial charge in [-0.2, -0.15) is 0 Å². The van der Waals surface area contributed by atoms with Gasteiger partial charge in [0.15, 0.2) is 0 Å². The summed E-state index contributed by atoms with van der Waals surface area (Å²) in [7, 11) is 0. The molecule has 3 aromatic heterocycles. The maximum Gasteiger partial charge on any atom is 0 e. The van der Waals surface area contributed by atoms with Crippen LogP contribution in [-0.4, -0.2) is 23.2 Å². The molecule has 0 aliphatic carbocycles. The molecule has 0 fully saturated rings. The predicted octanol–water partition coefficient (Wildman–Crippen LogP) is 11.6. The van der Waals surface area contributed by atoms with E-state index in [9.17, 15) is 4.39 Å². The Morgan fingerprint density at radius 2 is 1.25 bits per heavy atom. The molecule has 0 unspecified atom stereocenters. The molecule has 0 atom stereocenters. The van der Waals surface area contributed by atoms with Crippen molar-refractivity contribution in [1.82, 2.24) is 9.97 Å².